The molecular weight excluding hydrogens is 375 g/mol. The van der Waals surface area contributed by atoms with Gasteiger partial charge in [-0.15, -0.1) is 4.63 Å². The monoisotopic (exact) mass is 377 g/mol. The molecule has 25 heavy (non-hydrogen) atoms. The van der Waals surface area contributed by atoms with E-state index in [9.17, 15) is 28.1 Å². The van der Waals surface area contributed by atoms with Gasteiger partial charge in [-0.3, -0.25) is 4.52 Å². The first-order valence-corrected chi connectivity index (χ1v) is 6.51. The fraction of sp³-hybridized carbons (Fsp3) is 0.0909. The Bertz CT molecular complexity index is 1020. The van der Waals surface area contributed by atoms with E-state index in [1.54, 1.807) is 0 Å². The summed E-state index contributed by atoms with van der Waals surface area (Å²) in [6, 6.07) is 2.53. The molecule has 1 aromatic carbocycles. The molecule has 3 rings (SSSR count). The van der Waals surface area contributed by atoms with Gasteiger partial charge < -0.3 is 10.1 Å². The van der Waals surface area contributed by atoms with Crippen LogP contribution < -0.4 is 5.76 Å². The summed E-state index contributed by atoms with van der Waals surface area (Å²) in [6.07, 6.45) is -4.80. The molecule has 14 heteroatoms. The Hall–Kier alpha value is -3.22. The van der Waals surface area contributed by atoms with E-state index in [2.05, 4.69) is 24.6 Å². The van der Waals surface area contributed by atoms with Crippen LogP contribution in [0.1, 0.15) is 5.56 Å². The molecule has 0 bridgehead atoms. The van der Waals surface area contributed by atoms with Gasteiger partial charge in [0.25, 0.3) is 5.69 Å². The second-order valence-electron chi connectivity index (χ2n) is 4.46. The lowest BCUT2D eigenvalue weighted by molar-refractivity contribution is -0.390. The van der Waals surface area contributed by atoms with Crippen LogP contribution in [0.5, 0.6) is 0 Å². The smallest absolute Gasteiger partial charge is 0.358 e. The van der Waals surface area contributed by atoms with Crippen LogP contribution in [0.25, 0.3) is 17.2 Å². The van der Waals surface area contributed by atoms with Gasteiger partial charge in [0.15, 0.2) is 5.16 Å². The summed E-state index contributed by atoms with van der Waals surface area (Å²) in [5.74, 6) is -2.66. The number of alkyl halides is 3. The lowest BCUT2D eigenvalue weighted by Gasteiger charge is -2.11. The van der Waals surface area contributed by atoms with Crippen LogP contribution in [0.3, 0.4) is 0 Å². The van der Waals surface area contributed by atoms with Crippen molar-refractivity contribution in [1.29, 1.82) is 0 Å². The Morgan fingerprint density at radius 3 is 2.60 bits per heavy atom. The zero-order valence-corrected chi connectivity index (χ0v) is 12.3. The average Bonchev–Trinajstić information content (AvgIpc) is 3.13. The van der Waals surface area contributed by atoms with Gasteiger partial charge in [-0.1, -0.05) is 16.8 Å². The third-order valence-corrected chi connectivity index (χ3v) is 3.30. The number of rotatable bonds is 3. The van der Waals surface area contributed by atoms with E-state index in [1.807, 2.05) is 0 Å². The van der Waals surface area contributed by atoms with E-state index >= 15 is 0 Å². The maximum absolute atomic E-state index is 13.0. The molecule has 0 amide bonds. The molecule has 0 aliphatic rings. The zero-order chi connectivity index (χ0) is 18.4. The SMILES string of the molecule is O=c1onc(-c2nonc2[N+](=O)[O-])n1-c1ccc(Cl)c(C(F)(F)F)c1. The molecule has 0 spiro atoms. The van der Waals surface area contributed by atoms with Gasteiger partial charge in [-0.2, -0.15) is 13.2 Å². The minimum Gasteiger partial charge on any atom is -0.358 e. The quantitative estimate of drug-likeness (QED) is 0.502. The molecule has 3 aromatic rings. The van der Waals surface area contributed by atoms with Crippen molar-refractivity contribution in [1.82, 2.24) is 20.0 Å². The highest BCUT2D eigenvalue weighted by atomic mass is 35.5. The van der Waals surface area contributed by atoms with Crippen LogP contribution >= 0.6 is 11.6 Å². The van der Waals surface area contributed by atoms with E-state index in [1.165, 1.54) is 0 Å². The standard InChI is InChI=1S/C11H3ClF3N5O5/c12-6-2-1-4(3-5(6)11(13,14)15)19-8(17-24-10(19)21)7-9(20(22)23)18-25-16-7/h1-3H. The highest BCUT2D eigenvalue weighted by molar-refractivity contribution is 6.31. The third kappa shape index (κ3) is 2.84. The summed E-state index contributed by atoms with van der Waals surface area (Å²) < 4.78 is 48.1. The van der Waals surface area contributed by atoms with Gasteiger partial charge in [-0.25, -0.2) is 9.36 Å². The molecule has 130 valence electrons. The van der Waals surface area contributed by atoms with Crippen molar-refractivity contribution < 1.29 is 27.2 Å². The number of nitro groups is 1. The number of nitrogens with zero attached hydrogens (tertiary/aromatic N) is 5. The molecule has 2 aromatic heterocycles. The first-order valence-electron chi connectivity index (χ1n) is 6.13. The Kier molecular flexibility index (Phi) is 3.79. The van der Waals surface area contributed by atoms with E-state index in [0.29, 0.717) is 10.6 Å². The normalized spacial score (nSPS) is 11.7. The molecular formula is C11H3ClF3N5O5. The molecule has 2 heterocycles. The lowest BCUT2D eigenvalue weighted by Crippen LogP contribution is -2.15. The number of hydrogen-bond donors (Lipinski definition) is 0. The van der Waals surface area contributed by atoms with Gasteiger partial charge in [-0.05, 0) is 28.3 Å². The lowest BCUT2D eigenvalue weighted by atomic mass is 10.2. The summed E-state index contributed by atoms with van der Waals surface area (Å²) in [4.78, 5) is 21.7. The molecule has 0 N–H and O–H groups in total. The molecule has 10 nitrogen and oxygen atoms in total. The first-order chi connectivity index (χ1) is 11.7. The van der Waals surface area contributed by atoms with Crippen LogP contribution in [0.2, 0.25) is 5.02 Å². The zero-order valence-electron chi connectivity index (χ0n) is 11.5. The Morgan fingerprint density at radius 2 is 1.96 bits per heavy atom. The fourth-order valence-electron chi connectivity index (χ4n) is 1.94. The van der Waals surface area contributed by atoms with Crippen LogP contribution in [0.4, 0.5) is 19.0 Å². The summed E-state index contributed by atoms with van der Waals surface area (Å²) in [5, 5.41) is 19.8. The van der Waals surface area contributed by atoms with Crippen LogP contribution in [-0.4, -0.2) is 25.0 Å². The van der Waals surface area contributed by atoms with E-state index < -0.39 is 44.8 Å². The number of aromatic nitrogens is 4. The largest absolute Gasteiger partial charge is 0.446 e. The molecule has 0 aliphatic heterocycles. The van der Waals surface area contributed by atoms with Crippen LogP contribution in [-0.2, 0) is 6.18 Å². The molecule has 0 saturated carbocycles. The summed E-state index contributed by atoms with van der Waals surface area (Å²) >= 11 is 5.52. The predicted octanol–water partition coefficient (Wildman–Crippen LogP) is 2.46. The van der Waals surface area contributed by atoms with Crippen molar-refractivity contribution >= 4 is 17.4 Å². The molecule has 0 fully saturated rings. The van der Waals surface area contributed by atoms with E-state index in [0.717, 1.165) is 12.1 Å². The van der Waals surface area contributed by atoms with Crippen LogP contribution in [0.15, 0.2) is 32.1 Å². The second-order valence-corrected chi connectivity index (χ2v) is 4.87. The molecule has 0 unspecified atom stereocenters. The topological polar surface area (TPSA) is 130 Å². The van der Waals surface area contributed by atoms with Crippen LogP contribution in [0, 0.1) is 10.1 Å². The summed E-state index contributed by atoms with van der Waals surface area (Å²) in [5.41, 5.74) is -2.17. The molecule has 0 saturated heterocycles. The van der Waals surface area contributed by atoms with Gasteiger partial charge in [0.2, 0.25) is 5.82 Å². The highest BCUT2D eigenvalue weighted by Crippen LogP contribution is 2.36. The van der Waals surface area contributed by atoms with Crippen molar-refractivity contribution in [2.75, 3.05) is 0 Å². The molecule has 0 aliphatic carbocycles. The second kappa shape index (κ2) is 5.70. The Morgan fingerprint density at radius 1 is 1.24 bits per heavy atom. The maximum atomic E-state index is 13.0. The van der Waals surface area contributed by atoms with Gasteiger partial charge >= 0.3 is 17.8 Å². The van der Waals surface area contributed by atoms with E-state index in [-0.39, 0.29) is 5.69 Å². The number of halogens is 4. The number of hydrogen-bond acceptors (Lipinski definition) is 8. The van der Waals surface area contributed by atoms with Crippen molar-refractivity contribution in [3.05, 3.63) is 49.5 Å². The van der Waals surface area contributed by atoms with Crippen molar-refractivity contribution in [2.45, 2.75) is 6.18 Å². The Balaban J connectivity index is 2.24. The predicted molar refractivity (Wildman–Crippen MR) is 72.1 cm³/mol. The summed E-state index contributed by atoms with van der Waals surface area (Å²) in [6.45, 7) is 0. The van der Waals surface area contributed by atoms with Gasteiger partial charge in [0.1, 0.15) is 0 Å². The average molecular weight is 378 g/mol. The highest BCUT2D eigenvalue weighted by Gasteiger charge is 2.35. The Labute approximate surface area is 138 Å². The molecule has 0 atom stereocenters. The van der Waals surface area contributed by atoms with Gasteiger partial charge in [0, 0.05) is 0 Å². The van der Waals surface area contributed by atoms with Gasteiger partial charge in [0.05, 0.1) is 16.3 Å². The summed E-state index contributed by atoms with van der Waals surface area (Å²) in [7, 11) is 0. The van der Waals surface area contributed by atoms with Crippen molar-refractivity contribution in [3.8, 4) is 17.2 Å². The third-order valence-electron chi connectivity index (χ3n) is 2.97. The number of benzene rings is 1. The minimum atomic E-state index is -4.80. The maximum Gasteiger partial charge on any atom is 0.446 e. The first kappa shape index (κ1) is 16.6. The fourth-order valence-corrected chi connectivity index (χ4v) is 2.17. The minimum absolute atomic E-state index is 0.352. The van der Waals surface area contributed by atoms with Crippen molar-refractivity contribution in [3.63, 3.8) is 0 Å². The molecule has 0 radical (unpaired) electrons. The van der Waals surface area contributed by atoms with E-state index in [4.69, 9.17) is 11.6 Å². The van der Waals surface area contributed by atoms with Crippen molar-refractivity contribution in [2.24, 2.45) is 0 Å².